The van der Waals surface area contributed by atoms with E-state index in [1.54, 1.807) is 12.1 Å². The van der Waals surface area contributed by atoms with Gasteiger partial charge >= 0.3 is 5.97 Å². The Balaban J connectivity index is 2.66. The summed E-state index contributed by atoms with van der Waals surface area (Å²) < 4.78 is 0.599. The number of aliphatic carboxylic acids is 1. The van der Waals surface area contributed by atoms with Crippen LogP contribution in [-0.2, 0) is 4.79 Å². The quantitative estimate of drug-likeness (QED) is 0.627. The number of hydrogen-bond donors (Lipinski definition) is 2. The predicted octanol–water partition coefficient (Wildman–Crippen LogP) is 1.11. The second-order valence-electron chi connectivity index (χ2n) is 2.36. The highest BCUT2D eigenvalue weighted by molar-refractivity contribution is 9.10. The lowest BCUT2D eigenvalue weighted by Crippen LogP contribution is -2.10. The fourth-order valence-electron chi connectivity index (χ4n) is 0.565. The van der Waals surface area contributed by atoms with Crippen molar-refractivity contribution in [2.75, 3.05) is 5.43 Å². The van der Waals surface area contributed by atoms with E-state index in [1.165, 1.54) is 6.92 Å². The molecule has 0 unspecified atom stereocenters. The highest BCUT2D eigenvalue weighted by atomic mass is 79.9. The Bertz CT molecular complexity index is 362. The van der Waals surface area contributed by atoms with Crippen LogP contribution in [0.15, 0.2) is 21.8 Å². The molecular weight excluding hydrogens is 252 g/mol. The summed E-state index contributed by atoms with van der Waals surface area (Å²) in [5.74, 6) is -0.698. The van der Waals surface area contributed by atoms with Gasteiger partial charge in [-0.15, -0.1) is 10.2 Å². The average molecular weight is 259 g/mol. The first-order valence-corrected chi connectivity index (χ1v) is 4.41. The van der Waals surface area contributed by atoms with Crippen molar-refractivity contribution >= 4 is 33.4 Å². The summed E-state index contributed by atoms with van der Waals surface area (Å²) in [4.78, 5) is 10.4. The zero-order valence-corrected chi connectivity index (χ0v) is 8.82. The number of carboxylic acids is 1. The van der Waals surface area contributed by atoms with Crippen molar-refractivity contribution in [3.63, 3.8) is 0 Å². The molecule has 0 fully saturated rings. The monoisotopic (exact) mass is 258 g/mol. The number of nitrogens with zero attached hydrogens (tertiary/aromatic N) is 3. The molecule has 0 spiro atoms. The molecule has 1 rings (SSSR count). The fraction of sp³-hybridized carbons (Fsp3) is 0.143. The maximum atomic E-state index is 10.4. The first kappa shape index (κ1) is 10.6. The van der Waals surface area contributed by atoms with Crippen LogP contribution in [0.2, 0.25) is 0 Å². The van der Waals surface area contributed by atoms with Crippen LogP contribution in [0.1, 0.15) is 6.92 Å². The minimum absolute atomic E-state index is 0.0466. The normalized spacial score (nSPS) is 11.1. The molecule has 1 heterocycles. The van der Waals surface area contributed by atoms with Crippen LogP contribution in [0, 0.1) is 0 Å². The van der Waals surface area contributed by atoms with E-state index in [9.17, 15) is 4.79 Å². The Kier molecular flexibility index (Phi) is 3.52. The lowest BCUT2D eigenvalue weighted by atomic mass is 10.4. The molecular formula is C7H7BrN4O2. The molecule has 0 aliphatic heterocycles. The first-order chi connectivity index (χ1) is 6.59. The summed E-state index contributed by atoms with van der Waals surface area (Å²) in [6.45, 7) is 1.38. The van der Waals surface area contributed by atoms with Crippen molar-refractivity contribution in [2.45, 2.75) is 6.92 Å². The van der Waals surface area contributed by atoms with Gasteiger partial charge in [-0.3, -0.25) is 5.43 Å². The van der Waals surface area contributed by atoms with Crippen LogP contribution >= 0.6 is 15.9 Å². The summed E-state index contributed by atoms with van der Waals surface area (Å²) in [5, 5.41) is 19.5. The largest absolute Gasteiger partial charge is 0.477 e. The number of rotatable bonds is 3. The van der Waals surface area contributed by atoms with Gasteiger partial charge in [0, 0.05) is 0 Å². The second kappa shape index (κ2) is 4.66. The smallest absolute Gasteiger partial charge is 0.351 e. The molecule has 0 aliphatic carbocycles. The van der Waals surface area contributed by atoms with Gasteiger partial charge in [0.2, 0.25) is 0 Å². The minimum atomic E-state index is -1.08. The molecule has 6 nitrogen and oxygen atoms in total. The van der Waals surface area contributed by atoms with E-state index in [1.807, 2.05) is 0 Å². The van der Waals surface area contributed by atoms with Gasteiger partial charge < -0.3 is 5.11 Å². The molecule has 0 radical (unpaired) electrons. The van der Waals surface area contributed by atoms with Crippen LogP contribution in [0.4, 0.5) is 5.82 Å². The van der Waals surface area contributed by atoms with E-state index >= 15 is 0 Å². The maximum absolute atomic E-state index is 10.4. The molecule has 74 valence electrons. The molecule has 0 saturated carbocycles. The van der Waals surface area contributed by atoms with Gasteiger partial charge in [0.15, 0.2) is 5.82 Å². The molecule has 0 atom stereocenters. The van der Waals surface area contributed by atoms with E-state index in [4.69, 9.17) is 5.11 Å². The fourth-order valence-corrected chi connectivity index (χ4v) is 0.776. The van der Waals surface area contributed by atoms with E-state index in [0.29, 0.717) is 10.4 Å². The molecule has 14 heavy (non-hydrogen) atoms. The molecule has 2 N–H and O–H groups in total. The molecule has 0 saturated heterocycles. The lowest BCUT2D eigenvalue weighted by Gasteiger charge is -1.98. The summed E-state index contributed by atoms with van der Waals surface area (Å²) >= 11 is 3.12. The SMILES string of the molecule is CC(=NNc1ccc(Br)nn1)C(=O)O. The van der Waals surface area contributed by atoms with Gasteiger partial charge in [0.25, 0.3) is 0 Å². The molecule has 7 heteroatoms. The minimum Gasteiger partial charge on any atom is -0.477 e. The van der Waals surface area contributed by atoms with Crippen LogP contribution in [0.25, 0.3) is 0 Å². The van der Waals surface area contributed by atoms with E-state index in [-0.39, 0.29) is 5.71 Å². The van der Waals surface area contributed by atoms with Crippen LogP contribution in [0.5, 0.6) is 0 Å². The second-order valence-corrected chi connectivity index (χ2v) is 3.17. The Labute approximate surface area is 88.2 Å². The Morgan fingerprint density at radius 2 is 2.29 bits per heavy atom. The van der Waals surface area contributed by atoms with Crippen molar-refractivity contribution < 1.29 is 9.90 Å². The number of carboxylic acid groups (broad SMARTS) is 1. The number of anilines is 1. The Morgan fingerprint density at radius 1 is 1.57 bits per heavy atom. The summed E-state index contributed by atoms with van der Waals surface area (Å²) in [7, 11) is 0. The van der Waals surface area contributed by atoms with E-state index in [2.05, 4.69) is 36.7 Å². The number of carbonyl (C=O) groups is 1. The first-order valence-electron chi connectivity index (χ1n) is 3.62. The van der Waals surface area contributed by atoms with Crippen molar-refractivity contribution in [2.24, 2.45) is 5.10 Å². The third-order valence-electron chi connectivity index (χ3n) is 1.28. The van der Waals surface area contributed by atoms with Gasteiger partial charge in [-0.25, -0.2) is 4.79 Å². The number of aromatic nitrogens is 2. The standard InChI is InChI=1S/C7H7BrN4O2/c1-4(7(13)14)9-11-6-3-2-5(8)10-12-6/h2-3H,1H3,(H,11,12)(H,13,14). The van der Waals surface area contributed by atoms with Gasteiger partial charge in [-0.05, 0) is 35.0 Å². The van der Waals surface area contributed by atoms with Crippen molar-refractivity contribution in [3.05, 3.63) is 16.7 Å². The topological polar surface area (TPSA) is 87.5 Å². The lowest BCUT2D eigenvalue weighted by molar-refractivity contribution is -0.129. The average Bonchev–Trinajstić information content (AvgIpc) is 2.16. The van der Waals surface area contributed by atoms with Gasteiger partial charge in [0.1, 0.15) is 10.3 Å². The highest BCUT2D eigenvalue weighted by Gasteiger charge is 2.01. The number of hydrazone groups is 1. The van der Waals surface area contributed by atoms with Gasteiger partial charge in [0.05, 0.1) is 0 Å². The summed E-state index contributed by atoms with van der Waals surface area (Å²) in [6, 6.07) is 3.29. The van der Waals surface area contributed by atoms with E-state index in [0.717, 1.165) is 0 Å². The number of halogens is 1. The van der Waals surface area contributed by atoms with E-state index < -0.39 is 5.97 Å². The van der Waals surface area contributed by atoms with Crippen molar-refractivity contribution in [1.29, 1.82) is 0 Å². The van der Waals surface area contributed by atoms with Crippen LogP contribution in [0.3, 0.4) is 0 Å². The molecule has 0 aliphatic rings. The van der Waals surface area contributed by atoms with Crippen LogP contribution in [-0.4, -0.2) is 27.0 Å². The molecule has 0 amide bonds. The van der Waals surface area contributed by atoms with Crippen molar-refractivity contribution in [3.8, 4) is 0 Å². The predicted molar refractivity (Wildman–Crippen MR) is 54.1 cm³/mol. The summed E-state index contributed by atoms with van der Waals surface area (Å²) in [6.07, 6.45) is 0. The Hall–Kier alpha value is -1.50. The number of nitrogens with one attached hydrogen (secondary N) is 1. The highest BCUT2D eigenvalue weighted by Crippen LogP contribution is 2.06. The molecule has 1 aromatic rings. The van der Waals surface area contributed by atoms with Crippen molar-refractivity contribution in [1.82, 2.24) is 10.2 Å². The zero-order chi connectivity index (χ0) is 10.6. The Morgan fingerprint density at radius 3 is 2.79 bits per heavy atom. The zero-order valence-electron chi connectivity index (χ0n) is 7.23. The molecule has 0 aromatic carbocycles. The summed E-state index contributed by atoms with van der Waals surface area (Å²) in [5.41, 5.74) is 2.42. The van der Waals surface area contributed by atoms with Gasteiger partial charge in [-0.1, -0.05) is 0 Å². The van der Waals surface area contributed by atoms with Gasteiger partial charge in [-0.2, -0.15) is 5.10 Å². The van der Waals surface area contributed by atoms with Crippen LogP contribution < -0.4 is 5.43 Å². The molecule has 1 aromatic heterocycles. The third kappa shape index (κ3) is 3.09. The third-order valence-corrected chi connectivity index (χ3v) is 1.70. The molecule has 0 bridgehead atoms. The maximum Gasteiger partial charge on any atom is 0.351 e. The number of hydrogen-bond acceptors (Lipinski definition) is 5.